The number of hydrogen-bond donors (Lipinski definition) is 1. The van der Waals surface area contributed by atoms with Crippen LogP contribution < -0.4 is 5.32 Å². The van der Waals surface area contributed by atoms with Crippen molar-refractivity contribution >= 4 is 11.5 Å². The molecule has 2 aliphatic rings. The van der Waals surface area contributed by atoms with Crippen molar-refractivity contribution in [2.24, 2.45) is 5.41 Å². The van der Waals surface area contributed by atoms with Gasteiger partial charge in [-0.15, -0.1) is 0 Å². The number of nitrogens with zero attached hydrogens (tertiary/aromatic N) is 2. The number of anilines is 1. The molecule has 1 fully saturated rings. The van der Waals surface area contributed by atoms with E-state index >= 15 is 0 Å². The number of nitriles is 1. The average molecular weight is 410 g/mol. The van der Waals surface area contributed by atoms with Gasteiger partial charge in [0.2, 0.25) is 0 Å². The lowest BCUT2D eigenvalue weighted by molar-refractivity contribution is 0.0903. The van der Waals surface area contributed by atoms with Crippen LogP contribution in [0.2, 0.25) is 0 Å². The molecule has 0 bridgehead atoms. The summed E-state index contributed by atoms with van der Waals surface area (Å²) in [7, 11) is 0. The Labute approximate surface area is 176 Å². The van der Waals surface area contributed by atoms with E-state index in [4.69, 9.17) is 4.74 Å². The lowest BCUT2D eigenvalue weighted by Crippen LogP contribution is -2.29. The van der Waals surface area contributed by atoms with Gasteiger partial charge < -0.3 is 14.6 Å². The molecule has 0 amide bonds. The molecule has 6 heteroatoms. The Morgan fingerprint density at radius 1 is 1.23 bits per heavy atom. The Hall–Kier alpha value is -2.65. The molecule has 2 heterocycles. The fourth-order valence-electron chi connectivity index (χ4n) is 4.82. The number of carbonyl (C=O) groups is 1. The topological polar surface area (TPSA) is 67.1 Å². The third-order valence-electron chi connectivity index (χ3n) is 6.40. The minimum absolute atomic E-state index is 0.0250. The summed E-state index contributed by atoms with van der Waals surface area (Å²) in [6, 6.07) is 5.40. The van der Waals surface area contributed by atoms with Crippen LogP contribution in [0, 0.1) is 36.4 Å². The summed E-state index contributed by atoms with van der Waals surface area (Å²) >= 11 is 0. The Kier molecular flexibility index (Phi) is 5.19. The summed E-state index contributed by atoms with van der Waals surface area (Å²) in [6.07, 6.45) is 2.89. The fraction of sp³-hybridized carbons (Fsp3) is 0.500. The van der Waals surface area contributed by atoms with Crippen molar-refractivity contribution in [3.05, 3.63) is 46.0 Å². The highest BCUT2D eigenvalue weighted by Gasteiger charge is 2.36. The summed E-state index contributed by atoms with van der Waals surface area (Å²) in [6.45, 7) is 9.42. The summed E-state index contributed by atoms with van der Waals surface area (Å²) < 4.78 is 22.4. The molecule has 2 aromatic rings. The van der Waals surface area contributed by atoms with Crippen molar-refractivity contribution in [3.63, 3.8) is 0 Å². The van der Waals surface area contributed by atoms with Gasteiger partial charge in [0.25, 0.3) is 0 Å². The van der Waals surface area contributed by atoms with Crippen LogP contribution in [-0.4, -0.2) is 29.6 Å². The number of ketones is 1. The first kappa shape index (κ1) is 20.6. The molecule has 0 unspecified atom stereocenters. The van der Waals surface area contributed by atoms with E-state index < -0.39 is 5.82 Å². The molecule has 4 rings (SSSR count). The monoisotopic (exact) mass is 409 g/mol. The molecule has 1 aliphatic heterocycles. The molecule has 5 nitrogen and oxygen atoms in total. The maximum absolute atomic E-state index is 15.0. The SMILES string of the molecule is Cc1c2c(n(-c3cc(F)c(C#N)c(NC4CCOCC4)c3)c1C)CC(C)(C)CC2=O. The minimum Gasteiger partial charge on any atom is -0.381 e. The van der Waals surface area contributed by atoms with Crippen molar-refractivity contribution in [1.29, 1.82) is 5.26 Å². The first-order valence-corrected chi connectivity index (χ1v) is 10.5. The van der Waals surface area contributed by atoms with Crippen LogP contribution >= 0.6 is 0 Å². The van der Waals surface area contributed by atoms with Crippen molar-refractivity contribution in [2.45, 2.75) is 59.4 Å². The maximum Gasteiger partial charge on any atom is 0.165 e. The first-order chi connectivity index (χ1) is 14.2. The second kappa shape index (κ2) is 7.55. The van der Waals surface area contributed by atoms with Crippen molar-refractivity contribution in [2.75, 3.05) is 18.5 Å². The normalized spacial score (nSPS) is 18.7. The molecule has 1 aromatic heterocycles. The number of benzene rings is 1. The van der Waals surface area contributed by atoms with Gasteiger partial charge in [-0.05, 0) is 56.2 Å². The highest BCUT2D eigenvalue weighted by molar-refractivity contribution is 6.00. The van der Waals surface area contributed by atoms with Gasteiger partial charge in [-0.25, -0.2) is 4.39 Å². The van der Waals surface area contributed by atoms with Crippen LogP contribution in [0.1, 0.15) is 66.0 Å². The summed E-state index contributed by atoms with van der Waals surface area (Å²) in [5.74, 6) is -0.402. The number of Topliss-reactive ketones (excluding diaryl/α,β-unsaturated/α-hetero) is 1. The molecule has 0 saturated carbocycles. The Morgan fingerprint density at radius 2 is 1.93 bits per heavy atom. The van der Waals surface area contributed by atoms with E-state index in [1.807, 2.05) is 30.6 Å². The number of fused-ring (bicyclic) bond motifs is 1. The van der Waals surface area contributed by atoms with Gasteiger partial charge in [0, 0.05) is 42.6 Å². The second-order valence-corrected chi connectivity index (χ2v) is 9.30. The number of rotatable bonds is 3. The van der Waals surface area contributed by atoms with E-state index in [-0.39, 0.29) is 22.8 Å². The molecule has 30 heavy (non-hydrogen) atoms. The third-order valence-corrected chi connectivity index (χ3v) is 6.40. The molecular formula is C24H28FN3O2. The van der Waals surface area contributed by atoms with Gasteiger partial charge in [0.05, 0.1) is 11.4 Å². The lowest BCUT2D eigenvalue weighted by Gasteiger charge is -2.30. The summed E-state index contributed by atoms with van der Waals surface area (Å²) in [5.41, 5.74) is 4.63. The van der Waals surface area contributed by atoms with E-state index in [0.717, 1.165) is 41.8 Å². The molecule has 158 valence electrons. The van der Waals surface area contributed by atoms with Gasteiger partial charge in [-0.1, -0.05) is 13.8 Å². The van der Waals surface area contributed by atoms with Gasteiger partial charge in [-0.3, -0.25) is 4.79 Å². The summed E-state index contributed by atoms with van der Waals surface area (Å²) in [4.78, 5) is 12.9. The minimum atomic E-state index is -0.551. The van der Waals surface area contributed by atoms with E-state index in [2.05, 4.69) is 19.2 Å². The molecule has 0 atom stereocenters. The number of hydrogen-bond acceptors (Lipinski definition) is 4. The van der Waals surface area contributed by atoms with Crippen LogP contribution in [0.4, 0.5) is 10.1 Å². The number of carbonyl (C=O) groups excluding carboxylic acids is 1. The van der Waals surface area contributed by atoms with Gasteiger partial charge in [0.1, 0.15) is 17.4 Å². The average Bonchev–Trinajstić information content (AvgIpc) is 2.91. The predicted octanol–water partition coefficient (Wildman–Crippen LogP) is 4.85. The largest absolute Gasteiger partial charge is 0.381 e. The molecular weight excluding hydrogens is 381 g/mol. The highest BCUT2D eigenvalue weighted by Crippen LogP contribution is 2.40. The molecule has 1 aromatic carbocycles. The Balaban J connectivity index is 1.85. The van der Waals surface area contributed by atoms with E-state index in [1.54, 1.807) is 0 Å². The van der Waals surface area contributed by atoms with Crippen LogP contribution in [0.5, 0.6) is 0 Å². The molecule has 1 aliphatic carbocycles. The molecule has 1 N–H and O–H groups in total. The first-order valence-electron chi connectivity index (χ1n) is 10.5. The third kappa shape index (κ3) is 3.52. The smallest absolute Gasteiger partial charge is 0.165 e. The maximum atomic E-state index is 15.0. The zero-order valence-electron chi connectivity index (χ0n) is 18.1. The predicted molar refractivity (Wildman–Crippen MR) is 114 cm³/mol. The van der Waals surface area contributed by atoms with Crippen molar-refractivity contribution < 1.29 is 13.9 Å². The van der Waals surface area contributed by atoms with Crippen LogP contribution in [0.3, 0.4) is 0 Å². The zero-order valence-corrected chi connectivity index (χ0v) is 18.1. The highest BCUT2D eigenvalue weighted by atomic mass is 19.1. The molecule has 1 saturated heterocycles. The van der Waals surface area contributed by atoms with Crippen LogP contribution in [-0.2, 0) is 11.2 Å². The number of halogens is 1. The van der Waals surface area contributed by atoms with Crippen LogP contribution in [0.15, 0.2) is 12.1 Å². The Bertz CT molecular complexity index is 1060. The van der Waals surface area contributed by atoms with Gasteiger partial charge in [-0.2, -0.15) is 5.26 Å². The Morgan fingerprint density at radius 3 is 2.60 bits per heavy atom. The van der Waals surface area contributed by atoms with Gasteiger partial charge >= 0.3 is 0 Å². The number of nitrogens with one attached hydrogen (secondary N) is 1. The quantitative estimate of drug-likeness (QED) is 0.787. The van der Waals surface area contributed by atoms with E-state index in [0.29, 0.717) is 31.0 Å². The van der Waals surface area contributed by atoms with Gasteiger partial charge in [0.15, 0.2) is 5.78 Å². The summed E-state index contributed by atoms with van der Waals surface area (Å²) in [5, 5.41) is 12.9. The van der Waals surface area contributed by atoms with Crippen molar-refractivity contribution in [3.8, 4) is 11.8 Å². The van der Waals surface area contributed by atoms with E-state index in [9.17, 15) is 14.4 Å². The van der Waals surface area contributed by atoms with Crippen LogP contribution in [0.25, 0.3) is 5.69 Å². The molecule has 0 radical (unpaired) electrons. The van der Waals surface area contributed by atoms with Crippen molar-refractivity contribution in [1.82, 2.24) is 4.57 Å². The fourth-order valence-corrected chi connectivity index (χ4v) is 4.82. The second-order valence-electron chi connectivity index (χ2n) is 9.30. The lowest BCUT2D eigenvalue weighted by atomic mass is 9.75. The van der Waals surface area contributed by atoms with E-state index in [1.165, 1.54) is 6.07 Å². The standard InChI is InChI=1S/C24H28FN3O2/c1-14-15(2)28(21-11-24(3,4)12-22(29)23(14)21)17-9-19(25)18(13-26)20(10-17)27-16-5-7-30-8-6-16/h9-10,16,27H,5-8,11-12H2,1-4H3. The number of aromatic nitrogens is 1. The molecule has 0 spiro atoms. The zero-order chi connectivity index (χ0) is 21.6. The number of ether oxygens (including phenoxy) is 1.